The molecule has 0 amide bonds. The van der Waals surface area contributed by atoms with Gasteiger partial charge < -0.3 is 5.11 Å². The molecule has 0 aromatic carbocycles. The van der Waals surface area contributed by atoms with E-state index in [2.05, 4.69) is 25.7 Å². The van der Waals surface area contributed by atoms with Crippen LogP contribution >= 0.6 is 0 Å². The summed E-state index contributed by atoms with van der Waals surface area (Å²) in [7, 11) is 0. The maximum absolute atomic E-state index is 10.3. The molecule has 3 atom stereocenters. The first-order valence-corrected chi connectivity index (χ1v) is 7.68. The topological polar surface area (TPSA) is 23.5 Å². The van der Waals surface area contributed by atoms with Crippen molar-refractivity contribution in [2.45, 2.75) is 90.3 Å². The molecule has 0 aliphatic carbocycles. The lowest BCUT2D eigenvalue weighted by Crippen LogP contribution is -2.51. The van der Waals surface area contributed by atoms with Gasteiger partial charge in [0.2, 0.25) is 0 Å². The molecule has 1 fully saturated rings. The SMILES string of the molecule is CCCC(O)C(CC)N1CCCCC1CCC. The fourth-order valence-corrected chi connectivity index (χ4v) is 3.32. The van der Waals surface area contributed by atoms with Crippen LogP contribution in [0.3, 0.4) is 0 Å². The molecule has 2 heteroatoms. The molecule has 102 valence electrons. The van der Waals surface area contributed by atoms with Crippen molar-refractivity contribution in [1.82, 2.24) is 4.90 Å². The molecule has 17 heavy (non-hydrogen) atoms. The van der Waals surface area contributed by atoms with Gasteiger partial charge in [-0.25, -0.2) is 0 Å². The van der Waals surface area contributed by atoms with Crippen molar-refractivity contribution < 1.29 is 5.11 Å². The highest BCUT2D eigenvalue weighted by molar-refractivity contribution is 4.86. The number of likely N-dealkylation sites (tertiary alicyclic amines) is 1. The summed E-state index contributed by atoms with van der Waals surface area (Å²) in [4.78, 5) is 2.62. The predicted molar refractivity (Wildman–Crippen MR) is 74.2 cm³/mol. The predicted octanol–water partition coefficient (Wildman–Crippen LogP) is 3.58. The summed E-state index contributed by atoms with van der Waals surface area (Å²) in [6.07, 6.45) is 9.60. The Labute approximate surface area is 107 Å². The van der Waals surface area contributed by atoms with Crippen molar-refractivity contribution in [3.8, 4) is 0 Å². The van der Waals surface area contributed by atoms with E-state index in [0.717, 1.165) is 25.3 Å². The molecule has 0 aromatic heterocycles. The summed E-state index contributed by atoms with van der Waals surface area (Å²) in [6.45, 7) is 7.86. The maximum atomic E-state index is 10.3. The first-order chi connectivity index (χ1) is 8.24. The summed E-state index contributed by atoms with van der Waals surface area (Å²) in [5.41, 5.74) is 0. The number of hydrogen-bond acceptors (Lipinski definition) is 2. The lowest BCUT2D eigenvalue weighted by molar-refractivity contribution is -0.000804. The monoisotopic (exact) mass is 241 g/mol. The molecule has 1 rings (SSSR count). The Morgan fingerprint density at radius 3 is 2.53 bits per heavy atom. The Morgan fingerprint density at radius 2 is 1.94 bits per heavy atom. The van der Waals surface area contributed by atoms with Gasteiger partial charge in [0, 0.05) is 12.1 Å². The number of nitrogens with zero attached hydrogens (tertiary/aromatic N) is 1. The molecule has 1 N–H and O–H groups in total. The summed E-state index contributed by atoms with van der Waals surface area (Å²) in [5, 5.41) is 10.3. The van der Waals surface area contributed by atoms with Crippen LogP contribution in [-0.4, -0.2) is 34.7 Å². The molecule has 0 radical (unpaired) electrons. The first kappa shape index (κ1) is 15.0. The molecule has 2 nitrogen and oxygen atoms in total. The molecule has 1 aliphatic rings. The minimum atomic E-state index is -0.123. The largest absolute Gasteiger partial charge is 0.391 e. The third-order valence-electron chi connectivity index (χ3n) is 4.17. The lowest BCUT2D eigenvalue weighted by atomic mass is 9.92. The molecule has 0 aromatic rings. The van der Waals surface area contributed by atoms with Gasteiger partial charge in [-0.15, -0.1) is 0 Å². The zero-order valence-corrected chi connectivity index (χ0v) is 12.0. The molecule has 3 unspecified atom stereocenters. The van der Waals surface area contributed by atoms with E-state index >= 15 is 0 Å². The standard InChI is InChI=1S/C15H31NO/c1-4-9-13-11-7-8-12-16(13)14(6-3)15(17)10-5-2/h13-15,17H,4-12H2,1-3H3. The van der Waals surface area contributed by atoms with Crippen LogP contribution in [0, 0.1) is 0 Å². The van der Waals surface area contributed by atoms with Crippen molar-refractivity contribution >= 4 is 0 Å². The number of aliphatic hydroxyl groups is 1. The van der Waals surface area contributed by atoms with Crippen LogP contribution in [0.15, 0.2) is 0 Å². The smallest absolute Gasteiger partial charge is 0.0695 e. The Balaban J connectivity index is 2.62. The van der Waals surface area contributed by atoms with Crippen molar-refractivity contribution in [3.63, 3.8) is 0 Å². The Hall–Kier alpha value is -0.0800. The highest BCUT2D eigenvalue weighted by Crippen LogP contribution is 2.26. The summed E-state index contributed by atoms with van der Waals surface area (Å²) in [6, 6.07) is 1.12. The van der Waals surface area contributed by atoms with E-state index in [1.54, 1.807) is 0 Å². The maximum Gasteiger partial charge on any atom is 0.0695 e. The van der Waals surface area contributed by atoms with Gasteiger partial charge in [0.25, 0.3) is 0 Å². The minimum Gasteiger partial charge on any atom is -0.391 e. The van der Waals surface area contributed by atoms with Crippen LogP contribution < -0.4 is 0 Å². The molecule has 1 aliphatic heterocycles. The quantitative estimate of drug-likeness (QED) is 0.736. The van der Waals surface area contributed by atoms with E-state index in [0.29, 0.717) is 6.04 Å². The van der Waals surface area contributed by atoms with E-state index in [4.69, 9.17) is 0 Å². The van der Waals surface area contributed by atoms with Gasteiger partial charge in [0.1, 0.15) is 0 Å². The first-order valence-electron chi connectivity index (χ1n) is 7.68. The number of aliphatic hydroxyl groups excluding tert-OH is 1. The van der Waals surface area contributed by atoms with Gasteiger partial charge in [-0.1, -0.05) is 40.0 Å². The van der Waals surface area contributed by atoms with Crippen molar-refractivity contribution in [1.29, 1.82) is 0 Å². The molecule has 1 heterocycles. The third-order valence-corrected chi connectivity index (χ3v) is 4.17. The van der Waals surface area contributed by atoms with Gasteiger partial charge >= 0.3 is 0 Å². The lowest BCUT2D eigenvalue weighted by Gasteiger charge is -2.43. The molecule has 0 saturated carbocycles. The van der Waals surface area contributed by atoms with E-state index in [9.17, 15) is 5.11 Å². The van der Waals surface area contributed by atoms with Crippen LogP contribution in [0.5, 0.6) is 0 Å². The van der Waals surface area contributed by atoms with Crippen LogP contribution in [0.25, 0.3) is 0 Å². The third kappa shape index (κ3) is 4.26. The Morgan fingerprint density at radius 1 is 1.18 bits per heavy atom. The van der Waals surface area contributed by atoms with Gasteiger partial charge in [-0.3, -0.25) is 4.90 Å². The fourth-order valence-electron chi connectivity index (χ4n) is 3.32. The molecular formula is C15H31NO. The second-order valence-electron chi connectivity index (χ2n) is 5.51. The van der Waals surface area contributed by atoms with Gasteiger partial charge in [-0.2, -0.15) is 0 Å². The second kappa shape index (κ2) is 8.10. The molecular weight excluding hydrogens is 210 g/mol. The van der Waals surface area contributed by atoms with Crippen LogP contribution in [0.1, 0.15) is 72.1 Å². The van der Waals surface area contributed by atoms with Gasteiger partial charge in [-0.05, 0) is 38.6 Å². The Kier molecular flexibility index (Phi) is 7.14. The number of rotatable bonds is 7. The van der Waals surface area contributed by atoms with E-state index in [-0.39, 0.29) is 6.10 Å². The highest BCUT2D eigenvalue weighted by Gasteiger charge is 2.30. The zero-order chi connectivity index (χ0) is 12.7. The fraction of sp³-hybridized carbons (Fsp3) is 1.00. The normalized spacial score (nSPS) is 25.8. The summed E-state index contributed by atoms with van der Waals surface area (Å²) >= 11 is 0. The van der Waals surface area contributed by atoms with E-state index in [1.807, 2.05) is 0 Å². The van der Waals surface area contributed by atoms with Crippen molar-refractivity contribution in [2.24, 2.45) is 0 Å². The highest BCUT2D eigenvalue weighted by atomic mass is 16.3. The molecule has 0 bridgehead atoms. The average molecular weight is 241 g/mol. The minimum absolute atomic E-state index is 0.123. The Bertz CT molecular complexity index is 193. The van der Waals surface area contributed by atoms with Crippen LogP contribution in [0.4, 0.5) is 0 Å². The van der Waals surface area contributed by atoms with Crippen LogP contribution in [-0.2, 0) is 0 Å². The van der Waals surface area contributed by atoms with Crippen LogP contribution in [0.2, 0.25) is 0 Å². The second-order valence-corrected chi connectivity index (χ2v) is 5.51. The van der Waals surface area contributed by atoms with Crippen molar-refractivity contribution in [2.75, 3.05) is 6.54 Å². The zero-order valence-electron chi connectivity index (χ0n) is 12.0. The number of piperidine rings is 1. The number of hydrogen-bond donors (Lipinski definition) is 1. The van der Waals surface area contributed by atoms with Gasteiger partial charge in [0.05, 0.1) is 6.10 Å². The van der Waals surface area contributed by atoms with Crippen molar-refractivity contribution in [3.05, 3.63) is 0 Å². The molecule has 1 saturated heterocycles. The average Bonchev–Trinajstić information content (AvgIpc) is 2.33. The van der Waals surface area contributed by atoms with E-state index < -0.39 is 0 Å². The van der Waals surface area contributed by atoms with E-state index in [1.165, 1.54) is 38.6 Å². The summed E-state index contributed by atoms with van der Waals surface area (Å²) < 4.78 is 0. The summed E-state index contributed by atoms with van der Waals surface area (Å²) in [5.74, 6) is 0. The van der Waals surface area contributed by atoms with Gasteiger partial charge in [0.15, 0.2) is 0 Å². The molecule has 0 spiro atoms.